The van der Waals surface area contributed by atoms with Crippen molar-refractivity contribution in [1.29, 1.82) is 5.41 Å². The molecule has 0 amide bonds. The van der Waals surface area contributed by atoms with E-state index in [-0.39, 0.29) is 17.3 Å². The first-order valence-electron chi connectivity index (χ1n) is 6.96. The van der Waals surface area contributed by atoms with Crippen LogP contribution in [0.25, 0.3) is 5.69 Å². The molecule has 0 aliphatic heterocycles. The molecule has 1 aromatic heterocycles. The summed E-state index contributed by atoms with van der Waals surface area (Å²) in [5, 5.41) is 15.5. The lowest BCUT2D eigenvalue weighted by Crippen LogP contribution is -2.26. The second kappa shape index (κ2) is 6.18. The molecule has 0 bridgehead atoms. The Morgan fingerprint density at radius 3 is 2.52 bits per heavy atom. The molecule has 0 spiro atoms. The highest BCUT2D eigenvalue weighted by Crippen LogP contribution is 2.25. The average molecular weight is 308 g/mol. The van der Waals surface area contributed by atoms with Gasteiger partial charge in [-0.1, -0.05) is 30.3 Å². The summed E-state index contributed by atoms with van der Waals surface area (Å²) >= 11 is 0. The number of aromatic nitrogens is 3. The predicted octanol–water partition coefficient (Wildman–Crippen LogP) is 2.08. The van der Waals surface area contributed by atoms with E-state index in [9.17, 15) is 0 Å². The fourth-order valence-electron chi connectivity index (χ4n) is 2.12. The zero-order chi connectivity index (χ0) is 16.2. The van der Waals surface area contributed by atoms with Crippen LogP contribution in [0, 0.1) is 5.41 Å². The molecule has 1 heterocycles. The van der Waals surface area contributed by atoms with Crippen molar-refractivity contribution >= 4 is 17.5 Å². The van der Waals surface area contributed by atoms with Crippen LogP contribution < -0.4 is 21.3 Å². The van der Waals surface area contributed by atoms with Gasteiger partial charge in [0, 0.05) is 0 Å². The van der Waals surface area contributed by atoms with Gasteiger partial charge >= 0.3 is 0 Å². The van der Waals surface area contributed by atoms with E-state index in [0.717, 1.165) is 5.69 Å². The molecule has 3 aromatic rings. The molecule has 0 saturated carbocycles. The number of ether oxygens (including phenoxy) is 1. The van der Waals surface area contributed by atoms with E-state index in [0.29, 0.717) is 11.4 Å². The third-order valence-electron chi connectivity index (χ3n) is 3.23. The van der Waals surface area contributed by atoms with E-state index in [1.807, 2.05) is 54.6 Å². The molecule has 4 N–H and O–H groups in total. The van der Waals surface area contributed by atoms with Gasteiger partial charge in [0.2, 0.25) is 5.95 Å². The molecule has 3 rings (SSSR count). The Balaban J connectivity index is 2.05. The normalized spacial score (nSPS) is 10.3. The Labute approximate surface area is 132 Å². The molecule has 0 unspecified atom stereocenters. The second-order valence-electron chi connectivity index (χ2n) is 4.74. The molecule has 0 fully saturated rings. The van der Waals surface area contributed by atoms with Gasteiger partial charge in [-0.05, 0) is 24.3 Å². The number of nitrogens with zero attached hydrogens (tertiary/aromatic N) is 3. The molecule has 0 saturated heterocycles. The van der Waals surface area contributed by atoms with Gasteiger partial charge in [-0.15, -0.1) is 5.10 Å². The van der Waals surface area contributed by atoms with Crippen molar-refractivity contribution in [3.05, 3.63) is 60.1 Å². The molecular formula is C16H16N6O. The maximum Gasteiger partial charge on any atom is 0.247 e. The van der Waals surface area contributed by atoms with Crippen molar-refractivity contribution in [1.82, 2.24) is 14.8 Å². The first-order valence-corrected chi connectivity index (χ1v) is 6.96. The van der Waals surface area contributed by atoms with E-state index >= 15 is 0 Å². The summed E-state index contributed by atoms with van der Waals surface area (Å²) in [5.74, 6) is 1.03. The summed E-state index contributed by atoms with van der Waals surface area (Å²) in [5.41, 5.74) is 7.33. The van der Waals surface area contributed by atoms with E-state index in [2.05, 4.69) is 15.4 Å². The monoisotopic (exact) mass is 308 g/mol. The minimum Gasteiger partial charge on any atom is -0.495 e. The summed E-state index contributed by atoms with van der Waals surface area (Å²) in [6.07, 6.45) is 0. The molecule has 7 nitrogen and oxygen atoms in total. The van der Waals surface area contributed by atoms with Crippen molar-refractivity contribution < 1.29 is 4.74 Å². The maximum atomic E-state index is 8.05. The van der Waals surface area contributed by atoms with Crippen LogP contribution in [-0.4, -0.2) is 21.9 Å². The van der Waals surface area contributed by atoms with Crippen LogP contribution in [0.1, 0.15) is 0 Å². The summed E-state index contributed by atoms with van der Waals surface area (Å²) in [7, 11) is 1.59. The minimum absolute atomic E-state index is 0.0294. The van der Waals surface area contributed by atoms with Crippen LogP contribution in [-0.2, 0) is 0 Å². The molecule has 7 heteroatoms. The minimum atomic E-state index is 0.0294. The molecule has 0 aliphatic rings. The van der Waals surface area contributed by atoms with Crippen molar-refractivity contribution in [2.24, 2.45) is 0 Å². The van der Waals surface area contributed by atoms with Gasteiger partial charge in [-0.3, -0.25) is 5.41 Å². The van der Waals surface area contributed by atoms with Crippen molar-refractivity contribution in [3.63, 3.8) is 0 Å². The van der Waals surface area contributed by atoms with Gasteiger partial charge in [0.1, 0.15) is 5.75 Å². The molecule has 0 aliphatic carbocycles. The van der Waals surface area contributed by atoms with Crippen molar-refractivity contribution in [2.45, 2.75) is 0 Å². The Morgan fingerprint density at radius 2 is 1.78 bits per heavy atom. The smallest absolute Gasteiger partial charge is 0.247 e. The van der Waals surface area contributed by atoms with E-state index < -0.39 is 0 Å². The predicted molar refractivity (Wildman–Crippen MR) is 87.9 cm³/mol. The first kappa shape index (κ1) is 14.6. The highest BCUT2D eigenvalue weighted by molar-refractivity contribution is 5.62. The highest BCUT2D eigenvalue weighted by Gasteiger charge is 2.09. The van der Waals surface area contributed by atoms with Gasteiger partial charge in [-0.2, -0.15) is 4.98 Å². The number of methoxy groups -OCH3 is 1. The number of nitrogens with one attached hydrogen (secondary N) is 2. The van der Waals surface area contributed by atoms with E-state index in [1.165, 1.54) is 4.68 Å². The van der Waals surface area contributed by atoms with Gasteiger partial charge in [-0.25, -0.2) is 4.68 Å². The topological polar surface area (TPSA) is 102 Å². The fraction of sp³-hybridized carbons (Fsp3) is 0.0625. The van der Waals surface area contributed by atoms with Gasteiger partial charge < -0.3 is 15.8 Å². The molecule has 23 heavy (non-hydrogen) atoms. The van der Waals surface area contributed by atoms with Crippen LogP contribution in [0.4, 0.5) is 17.5 Å². The number of hydrogen-bond donors (Lipinski definition) is 3. The number of benzene rings is 2. The number of anilines is 3. The van der Waals surface area contributed by atoms with Crippen LogP contribution in [0.2, 0.25) is 0 Å². The Hall–Kier alpha value is -3.35. The van der Waals surface area contributed by atoms with Crippen LogP contribution >= 0.6 is 0 Å². The summed E-state index contributed by atoms with van der Waals surface area (Å²) in [6.45, 7) is 0. The van der Waals surface area contributed by atoms with Gasteiger partial charge in [0.25, 0.3) is 0 Å². The Kier molecular flexibility index (Phi) is 3.92. The quantitative estimate of drug-likeness (QED) is 0.685. The lowest BCUT2D eigenvalue weighted by molar-refractivity contribution is 0.416. The zero-order valence-corrected chi connectivity index (χ0v) is 12.5. The largest absolute Gasteiger partial charge is 0.495 e. The number of rotatable bonds is 4. The molecule has 2 aromatic carbocycles. The fourth-order valence-corrected chi connectivity index (χ4v) is 2.12. The van der Waals surface area contributed by atoms with E-state index in [4.69, 9.17) is 15.9 Å². The standard InChI is InChI=1S/C16H16N6O/c1-23-13-10-6-5-9-12(13)19-16-20-14(17)15(18)22(21-16)11-7-3-2-4-8-11/h2-10,18H,1H3,(H3,17,19,20,21). The number of nitrogen functional groups attached to an aromatic ring is 1. The van der Waals surface area contributed by atoms with Crippen LogP contribution in [0.3, 0.4) is 0 Å². The van der Waals surface area contributed by atoms with Crippen molar-refractivity contribution in [3.8, 4) is 11.4 Å². The van der Waals surface area contributed by atoms with E-state index in [1.54, 1.807) is 7.11 Å². The molecule has 0 radical (unpaired) electrons. The Morgan fingerprint density at radius 1 is 1.09 bits per heavy atom. The molecular weight excluding hydrogens is 292 g/mol. The summed E-state index contributed by atoms with van der Waals surface area (Å²) in [6, 6.07) is 16.7. The number of para-hydroxylation sites is 3. The lowest BCUT2D eigenvalue weighted by atomic mass is 10.3. The van der Waals surface area contributed by atoms with Crippen LogP contribution in [0.15, 0.2) is 54.6 Å². The maximum absolute atomic E-state index is 8.05. The summed E-state index contributed by atoms with van der Waals surface area (Å²) < 4.78 is 6.72. The highest BCUT2D eigenvalue weighted by atomic mass is 16.5. The SMILES string of the molecule is COc1ccccc1Nc1nc(N)c(=N)n(-c2ccccc2)n1. The molecule has 0 atom stereocenters. The lowest BCUT2D eigenvalue weighted by Gasteiger charge is -2.12. The molecule has 116 valence electrons. The first-order chi connectivity index (χ1) is 11.2. The summed E-state index contributed by atoms with van der Waals surface area (Å²) in [4.78, 5) is 4.12. The third kappa shape index (κ3) is 2.98. The van der Waals surface area contributed by atoms with Gasteiger partial charge in [0.05, 0.1) is 18.5 Å². The second-order valence-corrected chi connectivity index (χ2v) is 4.74. The third-order valence-corrected chi connectivity index (χ3v) is 3.23. The zero-order valence-electron chi connectivity index (χ0n) is 12.5. The van der Waals surface area contributed by atoms with Crippen LogP contribution in [0.5, 0.6) is 5.75 Å². The number of nitrogens with two attached hydrogens (primary N) is 1. The Bertz CT molecular complexity index is 875. The van der Waals surface area contributed by atoms with Crippen molar-refractivity contribution in [2.75, 3.05) is 18.2 Å². The van der Waals surface area contributed by atoms with Gasteiger partial charge in [0.15, 0.2) is 11.3 Å². The number of hydrogen-bond acceptors (Lipinski definition) is 6. The average Bonchev–Trinajstić information content (AvgIpc) is 2.59.